The average Bonchev–Trinajstić information content (AvgIpc) is 2.58. The van der Waals surface area contributed by atoms with Crippen LogP contribution in [-0.4, -0.2) is 67.2 Å². The quantitative estimate of drug-likeness (QED) is 0.125. The Morgan fingerprint density at radius 1 is 1.17 bits per heavy atom. The highest BCUT2D eigenvalue weighted by molar-refractivity contribution is 5.92. The van der Waals surface area contributed by atoms with Gasteiger partial charge >= 0.3 is 0 Å². The van der Waals surface area contributed by atoms with Gasteiger partial charge in [-0.1, -0.05) is 25.2 Å². The first-order valence-corrected chi connectivity index (χ1v) is 7.86. The summed E-state index contributed by atoms with van der Waals surface area (Å²) in [6.45, 7) is 3.64. The number of nitrogens with zero attached hydrogens (tertiary/aromatic N) is 5. The zero-order valence-electron chi connectivity index (χ0n) is 14.4. The summed E-state index contributed by atoms with van der Waals surface area (Å²) in [6.07, 6.45) is 13.2. The second-order valence-corrected chi connectivity index (χ2v) is 4.55. The van der Waals surface area contributed by atoms with Crippen LogP contribution in [0.4, 0.5) is 0 Å². The van der Waals surface area contributed by atoms with Crippen LogP contribution in [0.5, 0.6) is 0 Å². The van der Waals surface area contributed by atoms with Gasteiger partial charge in [-0.15, -0.1) is 15.3 Å². The van der Waals surface area contributed by atoms with E-state index < -0.39 is 0 Å². The highest BCUT2D eigenvalue weighted by Crippen LogP contribution is 1.93. The van der Waals surface area contributed by atoms with Gasteiger partial charge in [-0.3, -0.25) is 0 Å². The molecule has 0 saturated carbocycles. The van der Waals surface area contributed by atoms with Gasteiger partial charge in [-0.25, -0.2) is 0 Å². The number of likely N-dealkylation sites (N-methyl/N-ethyl adjacent to an activating group) is 1. The van der Waals surface area contributed by atoms with E-state index in [1.54, 1.807) is 11.1 Å². The van der Waals surface area contributed by atoms with Crippen LogP contribution in [0.2, 0.25) is 0 Å². The van der Waals surface area contributed by atoms with Gasteiger partial charge in [0.1, 0.15) is 0 Å². The van der Waals surface area contributed by atoms with Gasteiger partial charge in [0, 0.05) is 20.1 Å². The third kappa shape index (κ3) is 13.4. The molecule has 24 heavy (non-hydrogen) atoms. The van der Waals surface area contributed by atoms with E-state index in [2.05, 4.69) is 25.7 Å². The predicted octanol–water partition coefficient (Wildman–Crippen LogP) is 1.32. The van der Waals surface area contributed by atoms with Crippen molar-refractivity contribution in [1.29, 1.82) is 0 Å². The lowest BCUT2D eigenvalue weighted by atomic mass is 10.3. The zero-order valence-corrected chi connectivity index (χ0v) is 14.4. The fourth-order valence-electron chi connectivity index (χ4n) is 1.37. The highest BCUT2D eigenvalue weighted by atomic mass is 16.3. The van der Waals surface area contributed by atoms with Crippen molar-refractivity contribution in [2.75, 3.05) is 39.9 Å². The fraction of sp³-hybridized carbons (Fsp3) is 0.500. The van der Waals surface area contributed by atoms with Gasteiger partial charge in [-0.2, -0.15) is 5.11 Å². The van der Waals surface area contributed by atoms with Crippen LogP contribution in [0.1, 0.15) is 13.3 Å². The first-order valence-electron chi connectivity index (χ1n) is 7.86. The molecule has 0 atom stereocenters. The van der Waals surface area contributed by atoms with E-state index in [4.69, 9.17) is 10.2 Å². The lowest BCUT2D eigenvalue weighted by Crippen LogP contribution is -2.27. The third-order valence-corrected chi connectivity index (χ3v) is 2.58. The van der Waals surface area contributed by atoms with Crippen molar-refractivity contribution in [3.8, 4) is 0 Å². The molecule has 0 aromatic carbocycles. The van der Waals surface area contributed by atoms with Crippen molar-refractivity contribution in [1.82, 2.24) is 10.2 Å². The number of rotatable bonds is 12. The number of azo groups is 1. The van der Waals surface area contributed by atoms with Gasteiger partial charge < -0.3 is 20.4 Å². The molecule has 0 aliphatic rings. The Morgan fingerprint density at radius 3 is 2.71 bits per heavy atom. The van der Waals surface area contributed by atoms with Crippen molar-refractivity contribution >= 4 is 12.2 Å². The molecule has 0 spiro atoms. The number of aliphatic hydroxyl groups is 2. The van der Waals surface area contributed by atoms with E-state index >= 15 is 0 Å². The van der Waals surface area contributed by atoms with Crippen molar-refractivity contribution in [2.24, 2.45) is 20.4 Å². The third-order valence-electron chi connectivity index (χ3n) is 2.58. The summed E-state index contributed by atoms with van der Waals surface area (Å²) in [5.74, 6) is 0.651. The SMILES string of the molecule is CC\C=C/C(=N\N=C\N=NC/C=C\C=C/NCCO)N(C)CCO. The number of hydrogen-bond donors (Lipinski definition) is 3. The molecule has 0 amide bonds. The minimum absolute atomic E-state index is 0.0508. The monoisotopic (exact) mass is 336 g/mol. The normalized spacial score (nSPS) is 13.4. The van der Waals surface area contributed by atoms with Crippen molar-refractivity contribution in [3.63, 3.8) is 0 Å². The Hall–Kier alpha value is -2.32. The van der Waals surface area contributed by atoms with Crippen molar-refractivity contribution in [2.45, 2.75) is 13.3 Å². The maximum atomic E-state index is 8.96. The highest BCUT2D eigenvalue weighted by Gasteiger charge is 2.00. The molecule has 0 unspecified atom stereocenters. The van der Waals surface area contributed by atoms with Crippen LogP contribution in [-0.2, 0) is 0 Å². The molecule has 0 rings (SSSR count). The minimum Gasteiger partial charge on any atom is -0.395 e. The lowest BCUT2D eigenvalue weighted by molar-refractivity contribution is 0.264. The Bertz CT molecular complexity index is 469. The van der Waals surface area contributed by atoms with Crippen LogP contribution in [0.15, 0.2) is 57.0 Å². The Balaban J connectivity index is 4.26. The topological polar surface area (TPSA) is 105 Å². The predicted molar refractivity (Wildman–Crippen MR) is 98.2 cm³/mol. The van der Waals surface area contributed by atoms with Gasteiger partial charge in [-0.05, 0) is 24.8 Å². The molecular formula is C16H28N6O2. The molecule has 0 aromatic rings. The van der Waals surface area contributed by atoms with E-state index in [0.29, 0.717) is 25.5 Å². The van der Waals surface area contributed by atoms with Crippen LogP contribution < -0.4 is 5.32 Å². The van der Waals surface area contributed by atoms with E-state index in [1.165, 1.54) is 6.34 Å². The first kappa shape index (κ1) is 21.7. The van der Waals surface area contributed by atoms with Gasteiger partial charge in [0.25, 0.3) is 0 Å². The molecule has 8 nitrogen and oxygen atoms in total. The molecule has 0 aromatic heterocycles. The molecule has 0 aliphatic heterocycles. The molecular weight excluding hydrogens is 308 g/mol. The summed E-state index contributed by atoms with van der Waals surface area (Å²) in [5, 5.41) is 36.0. The van der Waals surface area contributed by atoms with E-state index in [-0.39, 0.29) is 13.2 Å². The fourth-order valence-corrected chi connectivity index (χ4v) is 1.37. The summed E-state index contributed by atoms with van der Waals surface area (Å²) >= 11 is 0. The molecule has 3 N–H and O–H groups in total. The molecule has 0 fully saturated rings. The number of nitrogens with one attached hydrogen (secondary N) is 1. The van der Waals surface area contributed by atoms with Crippen LogP contribution >= 0.6 is 0 Å². The molecule has 0 heterocycles. The number of aliphatic hydroxyl groups excluding tert-OH is 2. The Labute approximate surface area is 143 Å². The van der Waals surface area contributed by atoms with Gasteiger partial charge in [0.05, 0.1) is 19.8 Å². The standard InChI is InChI=1S/C16H28N6O2/c1-3-4-8-16(22(2)12-14-24)21-20-15-19-18-10-7-5-6-9-17-11-13-23/h4-9,15,17,23-24H,3,10-14H2,1-2H3/b7-5-,8-4-,9-6-,19-18?,20-15+,21-16+. The maximum absolute atomic E-state index is 8.96. The lowest BCUT2D eigenvalue weighted by Gasteiger charge is -2.16. The second-order valence-electron chi connectivity index (χ2n) is 4.55. The van der Waals surface area contributed by atoms with Crippen LogP contribution in [0.25, 0.3) is 0 Å². The molecule has 134 valence electrons. The van der Waals surface area contributed by atoms with Gasteiger partial charge in [0.2, 0.25) is 0 Å². The van der Waals surface area contributed by atoms with Crippen LogP contribution in [0, 0.1) is 0 Å². The second kappa shape index (κ2) is 17.0. The van der Waals surface area contributed by atoms with Crippen molar-refractivity contribution < 1.29 is 10.2 Å². The van der Waals surface area contributed by atoms with E-state index in [9.17, 15) is 0 Å². The van der Waals surface area contributed by atoms with Gasteiger partial charge in [0.15, 0.2) is 12.2 Å². The molecule has 0 saturated heterocycles. The average molecular weight is 336 g/mol. The van der Waals surface area contributed by atoms with E-state index in [1.807, 2.05) is 44.4 Å². The van der Waals surface area contributed by atoms with Crippen molar-refractivity contribution in [3.05, 3.63) is 36.6 Å². The molecule has 0 radical (unpaired) electrons. The first-order chi connectivity index (χ1) is 11.8. The summed E-state index contributed by atoms with van der Waals surface area (Å²) in [5.41, 5.74) is 0. The Morgan fingerprint density at radius 2 is 2.00 bits per heavy atom. The minimum atomic E-state index is 0.0508. The smallest absolute Gasteiger partial charge is 0.160 e. The molecule has 0 aliphatic carbocycles. The maximum Gasteiger partial charge on any atom is 0.160 e. The summed E-state index contributed by atoms with van der Waals surface area (Å²) < 4.78 is 0. The zero-order chi connectivity index (χ0) is 17.9. The Kier molecular flexibility index (Phi) is 15.4. The largest absolute Gasteiger partial charge is 0.395 e. The summed E-state index contributed by atoms with van der Waals surface area (Å²) in [4.78, 5) is 1.81. The van der Waals surface area contributed by atoms with Crippen LogP contribution in [0.3, 0.4) is 0 Å². The summed E-state index contributed by atoms with van der Waals surface area (Å²) in [6, 6.07) is 0. The molecule has 0 bridgehead atoms. The number of amidine groups is 1. The number of hydrogen-bond acceptors (Lipinski definition) is 6. The summed E-state index contributed by atoms with van der Waals surface area (Å²) in [7, 11) is 1.83. The van der Waals surface area contributed by atoms with E-state index in [0.717, 1.165) is 6.42 Å². The number of allylic oxidation sites excluding steroid dienone is 3. The molecule has 8 heteroatoms.